The highest BCUT2D eigenvalue weighted by Gasteiger charge is 2.32. The van der Waals surface area contributed by atoms with Crippen LogP contribution in [0.2, 0.25) is 0 Å². The molecule has 0 aliphatic carbocycles. The second kappa shape index (κ2) is 5.72. The third kappa shape index (κ3) is 3.59. The lowest BCUT2D eigenvalue weighted by Gasteiger charge is -2.13. The summed E-state index contributed by atoms with van der Waals surface area (Å²) in [5.41, 5.74) is 0.465. The maximum absolute atomic E-state index is 12.3. The zero-order chi connectivity index (χ0) is 15.0. The molecule has 1 heterocycles. The van der Waals surface area contributed by atoms with Crippen LogP contribution in [0.5, 0.6) is 0 Å². The minimum Gasteiger partial charge on any atom is -0.392 e. The molecule has 0 spiro atoms. The van der Waals surface area contributed by atoms with Crippen LogP contribution in [-0.2, 0) is 26.5 Å². The van der Waals surface area contributed by atoms with Gasteiger partial charge in [0, 0.05) is 10.5 Å². The third-order valence-corrected chi connectivity index (χ3v) is 7.30. The van der Waals surface area contributed by atoms with Crippen molar-refractivity contribution < 1.29 is 21.9 Å². The van der Waals surface area contributed by atoms with E-state index in [-0.39, 0.29) is 29.4 Å². The third-order valence-electron chi connectivity index (χ3n) is 3.02. The molecule has 6 nitrogen and oxygen atoms in total. The van der Waals surface area contributed by atoms with Gasteiger partial charge in [-0.25, -0.2) is 21.6 Å². The smallest absolute Gasteiger partial charge is 0.241 e. The van der Waals surface area contributed by atoms with Gasteiger partial charge in [0.15, 0.2) is 9.84 Å². The summed E-state index contributed by atoms with van der Waals surface area (Å²) in [6, 6.07) is 3.89. The fraction of sp³-hybridized carbons (Fsp3) is 0.455. The van der Waals surface area contributed by atoms with Crippen molar-refractivity contribution in [2.24, 2.45) is 0 Å². The number of nitrogens with one attached hydrogen (secondary N) is 1. The number of aliphatic hydroxyl groups excluding tert-OH is 1. The lowest BCUT2D eigenvalue weighted by Crippen LogP contribution is -2.35. The van der Waals surface area contributed by atoms with E-state index in [1.54, 1.807) is 6.07 Å². The van der Waals surface area contributed by atoms with Gasteiger partial charge in [-0.05, 0) is 40.0 Å². The van der Waals surface area contributed by atoms with Crippen molar-refractivity contribution in [3.05, 3.63) is 28.2 Å². The van der Waals surface area contributed by atoms with Crippen molar-refractivity contribution in [2.75, 3.05) is 11.5 Å². The van der Waals surface area contributed by atoms with Crippen molar-refractivity contribution in [1.82, 2.24) is 4.72 Å². The van der Waals surface area contributed by atoms with Crippen molar-refractivity contribution in [1.29, 1.82) is 0 Å². The molecule has 1 aromatic rings. The largest absolute Gasteiger partial charge is 0.392 e. The van der Waals surface area contributed by atoms with Gasteiger partial charge in [-0.15, -0.1) is 0 Å². The summed E-state index contributed by atoms with van der Waals surface area (Å²) in [6.07, 6.45) is 0.277. The van der Waals surface area contributed by atoms with E-state index in [0.717, 1.165) is 0 Å². The topological polar surface area (TPSA) is 101 Å². The van der Waals surface area contributed by atoms with Gasteiger partial charge in [0.25, 0.3) is 0 Å². The molecule has 1 fully saturated rings. The predicted molar refractivity (Wildman–Crippen MR) is 77.4 cm³/mol. The number of hydrogen-bond donors (Lipinski definition) is 2. The first kappa shape index (κ1) is 15.9. The first-order valence-electron chi connectivity index (χ1n) is 5.85. The quantitative estimate of drug-likeness (QED) is 0.783. The second-order valence-corrected chi connectivity index (χ2v) is 9.41. The average molecular weight is 384 g/mol. The monoisotopic (exact) mass is 383 g/mol. The Labute approximate surface area is 126 Å². The summed E-state index contributed by atoms with van der Waals surface area (Å²) in [4.78, 5) is -0.00616. The molecule has 1 aliphatic heterocycles. The normalized spacial score (nSPS) is 22.0. The molecule has 1 unspecified atom stereocenters. The molecule has 0 radical (unpaired) electrons. The maximum atomic E-state index is 12.3. The van der Waals surface area contributed by atoms with E-state index >= 15 is 0 Å². The van der Waals surface area contributed by atoms with E-state index in [1.807, 2.05) is 0 Å². The molecule has 1 saturated heterocycles. The fourth-order valence-electron chi connectivity index (χ4n) is 2.02. The van der Waals surface area contributed by atoms with Gasteiger partial charge in [0.2, 0.25) is 10.0 Å². The standard InChI is InChI=1S/C11H14BrNO5S2/c12-10-2-1-8(6-14)5-11(10)20(17,18)13-9-3-4-19(15,16)7-9/h1-2,5,9,13-14H,3-4,6-7H2. The van der Waals surface area contributed by atoms with Gasteiger partial charge >= 0.3 is 0 Å². The molecular weight excluding hydrogens is 370 g/mol. The molecule has 1 aliphatic rings. The minimum atomic E-state index is -3.83. The van der Waals surface area contributed by atoms with E-state index in [2.05, 4.69) is 20.7 Å². The van der Waals surface area contributed by atoms with Gasteiger partial charge in [0.05, 0.1) is 23.0 Å². The number of aliphatic hydroxyl groups is 1. The number of rotatable bonds is 4. The zero-order valence-electron chi connectivity index (χ0n) is 10.4. The summed E-state index contributed by atoms with van der Waals surface area (Å²) in [6.45, 7) is -0.270. The van der Waals surface area contributed by atoms with Gasteiger partial charge in [-0.2, -0.15) is 0 Å². The van der Waals surface area contributed by atoms with Crippen LogP contribution in [-0.4, -0.2) is 39.5 Å². The average Bonchev–Trinajstić information content (AvgIpc) is 2.68. The Bertz CT molecular complexity index is 714. The molecule has 9 heteroatoms. The molecule has 1 atom stereocenters. The highest BCUT2D eigenvalue weighted by molar-refractivity contribution is 9.10. The molecule has 112 valence electrons. The Morgan fingerprint density at radius 3 is 2.65 bits per heavy atom. The molecule has 0 amide bonds. The highest BCUT2D eigenvalue weighted by Crippen LogP contribution is 2.24. The van der Waals surface area contributed by atoms with E-state index in [1.165, 1.54) is 12.1 Å². The lowest BCUT2D eigenvalue weighted by molar-refractivity contribution is 0.281. The van der Waals surface area contributed by atoms with E-state index in [9.17, 15) is 16.8 Å². The van der Waals surface area contributed by atoms with Crippen LogP contribution in [0.1, 0.15) is 12.0 Å². The zero-order valence-corrected chi connectivity index (χ0v) is 13.6. The molecular formula is C11H14BrNO5S2. The first-order valence-corrected chi connectivity index (χ1v) is 9.95. The SMILES string of the molecule is O=S1(=O)CCC(NS(=O)(=O)c2cc(CO)ccc2Br)C1. The Balaban J connectivity index is 2.27. The van der Waals surface area contributed by atoms with Gasteiger partial charge in [-0.1, -0.05) is 6.07 Å². The Morgan fingerprint density at radius 1 is 1.40 bits per heavy atom. The van der Waals surface area contributed by atoms with Crippen LogP contribution in [0.4, 0.5) is 0 Å². The van der Waals surface area contributed by atoms with Crippen LogP contribution >= 0.6 is 15.9 Å². The fourth-order valence-corrected chi connectivity index (χ4v) is 6.09. The molecule has 0 bridgehead atoms. The molecule has 0 aromatic heterocycles. The van der Waals surface area contributed by atoms with Crippen LogP contribution in [0, 0.1) is 0 Å². The van der Waals surface area contributed by atoms with Crippen LogP contribution in [0.15, 0.2) is 27.6 Å². The summed E-state index contributed by atoms with van der Waals surface area (Å²) >= 11 is 3.15. The highest BCUT2D eigenvalue weighted by atomic mass is 79.9. The minimum absolute atomic E-state index is 0.00195. The van der Waals surface area contributed by atoms with Crippen molar-refractivity contribution in [3.63, 3.8) is 0 Å². The van der Waals surface area contributed by atoms with Crippen molar-refractivity contribution in [3.8, 4) is 0 Å². The molecule has 0 saturated carbocycles. The van der Waals surface area contributed by atoms with Crippen LogP contribution in [0.3, 0.4) is 0 Å². The van der Waals surface area contributed by atoms with E-state index in [4.69, 9.17) is 5.11 Å². The Kier molecular flexibility index (Phi) is 4.55. The summed E-state index contributed by atoms with van der Waals surface area (Å²) in [7, 11) is -6.98. The molecule has 20 heavy (non-hydrogen) atoms. The van der Waals surface area contributed by atoms with Gasteiger partial charge in [-0.3, -0.25) is 0 Å². The van der Waals surface area contributed by atoms with Gasteiger partial charge < -0.3 is 5.11 Å². The number of hydrogen-bond acceptors (Lipinski definition) is 5. The number of sulfonamides is 1. The van der Waals surface area contributed by atoms with Crippen LogP contribution in [0.25, 0.3) is 0 Å². The predicted octanol–water partition coefficient (Wildman–Crippen LogP) is 0.407. The Hall–Kier alpha value is -0.480. The van der Waals surface area contributed by atoms with Gasteiger partial charge in [0.1, 0.15) is 0 Å². The first-order chi connectivity index (χ1) is 9.23. The molecule has 2 rings (SSSR count). The van der Waals surface area contributed by atoms with Crippen molar-refractivity contribution in [2.45, 2.75) is 24.0 Å². The Morgan fingerprint density at radius 2 is 2.10 bits per heavy atom. The van der Waals surface area contributed by atoms with Crippen molar-refractivity contribution >= 4 is 35.8 Å². The van der Waals surface area contributed by atoms with Crippen LogP contribution < -0.4 is 4.72 Å². The number of benzene rings is 1. The summed E-state index contributed by atoms with van der Waals surface area (Å²) < 4.78 is 50.0. The summed E-state index contributed by atoms with van der Waals surface area (Å²) in [5, 5.41) is 9.06. The second-order valence-electron chi connectivity index (χ2n) is 4.64. The number of halogens is 1. The number of sulfone groups is 1. The molecule has 1 aromatic carbocycles. The summed E-state index contributed by atoms with van der Waals surface area (Å²) in [5.74, 6) is -0.179. The van der Waals surface area contributed by atoms with E-state index < -0.39 is 25.9 Å². The van der Waals surface area contributed by atoms with E-state index in [0.29, 0.717) is 10.0 Å². The lowest BCUT2D eigenvalue weighted by atomic mass is 10.2. The maximum Gasteiger partial charge on any atom is 0.241 e. The molecule has 2 N–H and O–H groups in total.